The molecule has 4 nitrogen and oxygen atoms in total. The highest BCUT2D eigenvalue weighted by atomic mass is 32.2. The fraction of sp³-hybridized carbons (Fsp3) is 1.00. The van der Waals surface area contributed by atoms with Crippen molar-refractivity contribution >= 4 is 10.0 Å². The molecule has 0 radical (unpaired) electrons. The Morgan fingerprint density at radius 2 is 1.94 bits per heavy atom. The zero-order valence-electron chi connectivity index (χ0n) is 10.1. The van der Waals surface area contributed by atoms with Gasteiger partial charge in [-0.2, -0.15) is 0 Å². The molecular formula is C11H24N2O2S. The monoisotopic (exact) mass is 248 g/mol. The Labute approximate surface area is 99.0 Å². The van der Waals surface area contributed by atoms with Gasteiger partial charge < -0.3 is 5.73 Å². The summed E-state index contributed by atoms with van der Waals surface area (Å²) in [6, 6.07) is -0.0664. The average Bonchev–Trinajstić information content (AvgIpc) is 2.41. The smallest absolute Gasteiger partial charge is 0.211 e. The molecule has 5 heteroatoms. The molecule has 0 aromatic carbocycles. The fourth-order valence-corrected chi connectivity index (χ4v) is 3.65. The summed E-state index contributed by atoms with van der Waals surface area (Å²) in [5.74, 6) is 0.229. The van der Waals surface area contributed by atoms with Crippen LogP contribution in [0.5, 0.6) is 0 Å². The predicted molar refractivity (Wildman–Crippen MR) is 66.7 cm³/mol. The number of rotatable bonds is 5. The molecule has 0 aromatic heterocycles. The molecular weight excluding hydrogens is 224 g/mol. The van der Waals surface area contributed by atoms with Gasteiger partial charge in [-0.3, -0.25) is 0 Å². The Bertz CT molecular complexity index is 290. The first-order valence-corrected chi connectivity index (χ1v) is 7.96. The standard InChI is InChI=1S/C11H24N2O2S/c1-2-3-9-16(14,15)13-11-8-6-4-5-7-10(11)12/h10-11,13H,2-9,12H2,1H3. The van der Waals surface area contributed by atoms with Crippen LogP contribution >= 0.6 is 0 Å². The van der Waals surface area contributed by atoms with E-state index in [2.05, 4.69) is 4.72 Å². The second kappa shape index (κ2) is 6.57. The molecule has 3 N–H and O–H groups in total. The van der Waals surface area contributed by atoms with Gasteiger partial charge in [-0.25, -0.2) is 13.1 Å². The molecule has 1 fully saturated rings. The van der Waals surface area contributed by atoms with Crippen LogP contribution in [0, 0.1) is 0 Å². The highest BCUT2D eigenvalue weighted by molar-refractivity contribution is 7.89. The number of hydrogen-bond donors (Lipinski definition) is 2. The predicted octanol–water partition coefficient (Wildman–Crippen LogP) is 1.37. The van der Waals surface area contributed by atoms with Crippen molar-refractivity contribution in [3.8, 4) is 0 Å². The maximum Gasteiger partial charge on any atom is 0.211 e. The Morgan fingerprint density at radius 3 is 2.62 bits per heavy atom. The Kier molecular flexibility index (Phi) is 5.72. The largest absolute Gasteiger partial charge is 0.326 e. The van der Waals surface area contributed by atoms with Gasteiger partial charge in [-0.15, -0.1) is 0 Å². The van der Waals surface area contributed by atoms with Gasteiger partial charge in [0, 0.05) is 12.1 Å². The van der Waals surface area contributed by atoms with Crippen LogP contribution in [0.3, 0.4) is 0 Å². The maximum atomic E-state index is 11.7. The summed E-state index contributed by atoms with van der Waals surface area (Å²) in [7, 11) is -3.12. The minimum absolute atomic E-state index is 0.0149. The van der Waals surface area contributed by atoms with E-state index in [1.807, 2.05) is 6.92 Å². The SMILES string of the molecule is CCCCS(=O)(=O)NC1CCCCCC1N. The van der Waals surface area contributed by atoms with Crippen molar-refractivity contribution in [3.63, 3.8) is 0 Å². The lowest BCUT2D eigenvalue weighted by molar-refractivity contribution is 0.455. The number of nitrogens with one attached hydrogen (secondary N) is 1. The topological polar surface area (TPSA) is 72.2 Å². The number of hydrogen-bond acceptors (Lipinski definition) is 3. The Hall–Kier alpha value is -0.130. The number of unbranched alkanes of at least 4 members (excludes halogenated alkanes) is 1. The van der Waals surface area contributed by atoms with Crippen LogP contribution in [0.2, 0.25) is 0 Å². The van der Waals surface area contributed by atoms with E-state index in [1.165, 1.54) is 6.42 Å². The van der Waals surface area contributed by atoms with Crippen molar-refractivity contribution in [1.29, 1.82) is 0 Å². The average molecular weight is 248 g/mol. The molecule has 96 valence electrons. The third kappa shape index (κ3) is 4.80. The molecule has 1 saturated carbocycles. The van der Waals surface area contributed by atoms with Gasteiger partial charge in [-0.05, 0) is 19.3 Å². The molecule has 0 saturated heterocycles. The van der Waals surface area contributed by atoms with Crippen molar-refractivity contribution in [2.75, 3.05) is 5.75 Å². The molecule has 0 aromatic rings. The van der Waals surface area contributed by atoms with Gasteiger partial charge in [0.05, 0.1) is 5.75 Å². The number of nitrogens with two attached hydrogens (primary N) is 1. The van der Waals surface area contributed by atoms with Crippen LogP contribution in [0.15, 0.2) is 0 Å². The molecule has 0 bridgehead atoms. The van der Waals surface area contributed by atoms with Crippen molar-refractivity contribution in [1.82, 2.24) is 4.72 Å². The molecule has 16 heavy (non-hydrogen) atoms. The van der Waals surface area contributed by atoms with Crippen molar-refractivity contribution in [3.05, 3.63) is 0 Å². The quantitative estimate of drug-likeness (QED) is 0.722. The summed E-state index contributed by atoms with van der Waals surface area (Å²) in [4.78, 5) is 0. The van der Waals surface area contributed by atoms with Crippen LogP contribution < -0.4 is 10.5 Å². The molecule has 1 rings (SSSR count). The lowest BCUT2D eigenvalue weighted by Gasteiger charge is -2.22. The van der Waals surface area contributed by atoms with Crippen molar-refractivity contribution in [2.24, 2.45) is 5.73 Å². The van der Waals surface area contributed by atoms with Crippen LogP contribution in [-0.2, 0) is 10.0 Å². The summed E-state index contributed by atoms with van der Waals surface area (Å²) in [5, 5.41) is 0. The van der Waals surface area contributed by atoms with Crippen LogP contribution in [0.4, 0.5) is 0 Å². The van der Waals surface area contributed by atoms with Crippen LogP contribution in [0.1, 0.15) is 51.9 Å². The minimum Gasteiger partial charge on any atom is -0.326 e. The first-order valence-electron chi connectivity index (χ1n) is 6.31. The Morgan fingerprint density at radius 1 is 1.25 bits per heavy atom. The fourth-order valence-electron chi connectivity index (χ4n) is 2.11. The zero-order valence-corrected chi connectivity index (χ0v) is 10.9. The van der Waals surface area contributed by atoms with Gasteiger partial charge in [0.1, 0.15) is 0 Å². The third-order valence-electron chi connectivity index (χ3n) is 3.17. The van der Waals surface area contributed by atoms with E-state index in [-0.39, 0.29) is 17.8 Å². The zero-order chi connectivity index (χ0) is 12.0. The number of sulfonamides is 1. The van der Waals surface area contributed by atoms with Gasteiger partial charge in [-0.1, -0.05) is 32.6 Å². The lowest BCUT2D eigenvalue weighted by Crippen LogP contribution is -2.47. The van der Waals surface area contributed by atoms with E-state index in [0.29, 0.717) is 0 Å². The van der Waals surface area contributed by atoms with Gasteiger partial charge in [0.25, 0.3) is 0 Å². The van der Waals surface area contributed by atoms with E-state index < -0.39 is 10.0 Å². The molecule has 1 aliphatic rings. The highest BCUT2D eigenvalue weighted by Crippen LogP contribution is 2.17. The first kappa shape index (κ1) is 13.9. The maximum absolute atomic E-state index is 11.7. The second-order valence-electron chi connectivity index (χ2n) is 4.70. The first-order chi connectivity index (χ1) is 7.55. The lowest BCUT2D eigenvalue weighted by atomic mass is 10.1. The molecule has 0 spiro atoms. The van der Waals surface area contributed by atoms with E-state index in [4.69, 9.17) is 5.73 Å². The van der Waals surface area contributed by atoms with E-state index in [9.17, 15) is 8.42 Å². The van der Waals surface area contributed by atoms with E-state index >= 15 is 0 Å². The summed E-state index contributed by atoms with van der Waals surface area (Å²) >= 11 is 0. The van der Waals surface area contributed by atoms with Crippen molar-refractivity contribution in [2.45, 2.75) is 64.0 Å². The van der Waals surface area contributed by atoms with E-state index in [1.54, 1.807) is 0 Å². The highest BCUT2D eigenvalue weighted by Gasteiger charge is 2.24. The molecule has 0 heterocycles. The second-order valence-corrected chi connectivity index (χ2v) is 6.57. The summed E-state index contributed by atoms with van der Waals surface area (Å²) in [5.41, 5.74) is 5.99. The van der Waals surface area contributed by atoms with Crippen molar-refractivity contribution < 1.29 is 8.42 Å². The molecule has 0 amide bonds. The summed E-state index contributed by atoms with van der Waals surface area (Å²) in [6.45, 7) is 1.99. The van der Waals surface area contributed by atoms with Gasteiger partial charge in [0.15, 0.2) is 0 Å². The van der Waals surface area contributed by atoms with Crippen LogP contribution in [-0.4, -0.2) is 26.3 Å². The van der Waals surface area contributed by atoms with Crippen LogP contribution in [0.25, 0.3) is 0 Å². The Balaban J connectivity index is 2.50. The van der Waals surface area contributed by atoms with Gasteiger partial charge in [0.2, 0.25) is 10.0 Å². The minimum atomic E-state index is -3.12. The third-order valence-corrected chi connectivity index (χ3v) is 4.65. The molecule has 0 aliphatic heterocycles. The molecule has 2 unspecified atom stereocenters. The van der Waals surface area contributed by atoms with E-state index in [0.717, 1.165) is 38.5 Å². The summed E-state index contributed by atoms with van der Waals surface area (Å²) < 4.78 is 26.3. The molecule has 2 atom stereocenters. The molecule has 1 aliphatic carbocycles. The normalized spacial score (nSPS) is 27.6. The van der Waals surface area contributed by atoms with Gasteiger partial charge >= 0.3 is 0 Å². The summed E-state index contributed by atoms with van der Waals surface area (Å²) in [6.07, 6.45) is 6.80.